The van der Waals surface area contributed by atoms with Gasteiger partial charge in [-0.15, -0.1) is 0 Å². The van der Waals surface area contributed by atoms with E-state index in [1.165, 1.54) is 18.2 Å². The molecular weight excluding hydrogens is 331 g/mol. The highest BCUT2D eigenvalue weighted by molar-refractivity contribution is 5.61. The summed E-state index contributed by atoms with van der Waals surface area (Å²) in [4.78, 5) is 7.18. The number of halogens is 3. The molecule has 1 heterocycles. The number of para-hydroxylation sites is 1. The lowest BCUT2D eigenvalue weighted by molar-refractivity contribution is -0.143. The number of imidazole rings is 1. The number of aromatic hydroxyl groups is 1. The van der Waals surface area contributed by atoms with Gasteiger partial charge >= 0.3 is 6.18 Å². The van der Waals surface area contributed by atoms with Crippen molar-refractivity contribution in [2.45, 2.75) is 12.7 Å². The number of hydrogen-bond donors (Lipinski definition) is 1. The maximum atomic E-state index is 13.3. The lowest BCUT2D eigenvalue weighted by atomic mass is 10.1. The highest BCUT2D eigenvalue weighted by Gasteiger charge is 2.36. The van der Waals surface area contributed by atoms with Crippen molar-refractivity contribution in [3.05, 3.63) is 77.4 Å². The Labute approximate surface area is 141 Å². The minimum atomic E-state index is -4.58. The number of aromatic nitrogens is 2. The second kappa shape index (κ2) is 6.32. The Morgan fingerprint density at radius 1 is 1.08 bits per heavy atom. The zero-order valence-corrected chi connectivity index (χ0v) is 12.8. The number of alkyl halides is 3. The summed E-state index contributed by atoms with van der Waals surface area (Å²) in [5.74, 6) is 0.0331. The van der Waals surface area contributed by atoms with Crippen LogP contribution in [-0.4, -0.2) is 14.7 Å². The van der Waals surface area contributed by atoms with Crippen LogP contribution in [-0.2, 0) is 12.7 Å². The normalized spacial score (nSPS) is 11.3. The second-order valence-electron chi connectivity index (χ2n) is 5.34. The first-order chi connectivity index (χ1) is 11.9. The molecule has 2 aromatic carbocycles. The molecule has 25 heavy (non-hydrogen) atoms. The first-order valence-corrected chi connectivity index (χ1v) is 7.27. The Morgan fingerprint density at radius 3 is 2.36 bits per heavy atom. The fraction of sp³-hybridized carbons (Fsp3) is 0.111. The summed E-state index contributed by atoms with van der Waals surface area (Å²) in [6.07, 6.45) is -3.80. The zero-order valence-electron chi connectivity index (χ0n) is 12.8. The molecule has 3 rings (SSSR count). The van der Waals surface area contributed by atoms with Crippen molar-refractivity contribution in [3.63, 3.8) is 0 Å². The van der Waals surface area contributed by atoms with Gasteiger partial charge in [0.1, 0.15) is 17.3 Å². The van der Waals surface area contributed by atoms with Crippen LogP contribution in [0.2, 0.25) is 0 Å². The van der Waals surface area contributed by atoms with Gasteiger partial charge in [0.25, 0.3) is 0 Å². The van der Waals surface area contributed by atoms with Crippen LogP contribution in [0.4, 0.5) is 18.9 Å². The minimum Gasteiger partial charge on any atom is -0.508 e. The molecule has 1 N–H and O–H groups in total. The zero-order chi connectivity index (χ0) is 18.0. The van der Waals surface area contributed by atoms with Gasteiger partial charge in [-0.05, 0) is 6.07 Å². The molecule has 3 aromatic rings. The highest BCUT2D eigenvalue weighted by Crippen LogP contribution is 2.34. The second-order valence-corrected chi connectivity index (χ2v) is 5.34. The smallest absolute Gasteiger partial charge is 0.433 e. The maximum Gasteiger partial charge on any atom is 0.433 e. The number of nitrogens with zero attached hydrogens (tertiary/aromatic N) is 3. The first-order valence-electron chi connectivity index (χ1n) is 7.27. The molecule has 0 amide bonds. The average molecular weight is 343 g/mol. The first kappa shape index (κ1) is 16.6. The third-order valence-electron chi connectivity index (χ3n) is 3.72. The summed E-state index contributed by atoms with van der Waals surface area (Å²) < 4.78 is 41.0. The van der Waals surface area contributed by atoms with Gasteiger partial charge in [0.15, 0.2) is 5.69 Å². The number of phenols is 1. The van der Waals surface area contributed by atoms with Crippen LogP contribution in [0.3, 0.4) is 0 Å². The molecule has 0 atom stereocenters. The lowest BCUT2D eigenvalue weighted by Gasteiger charge is -2.15. The molecule has 0 aliphatic carbocycles. The van der Waals surface area contributed by atoms with Crippen molar-refractivity contribution in [2.24, 2.45) is 0 Å². The van der Waals surface area contributed by atoms with E-state index < -0.39 is 11.9 Å². The van der Waals surface area contributed by atoms with Crippen LogP contribution < -0.4 is 0 Å². The van der Waals surface area contributed by atoms with E-state index in [9.17, 15) is 18.3 Å². The van der Waals surface area contributed by atoms with Gasteiger partial charge in [-0.2, -0.15) is 13.2 Å². The standard InChI is InChI=1S/C18H12F3N3O/c1-22-14-8-6-12(7-9-14)17-23-10-16(18(19,20)21)24(17)11-13-4-2-3-5-15(13)25/h2-10,25H,11H2. The summed E-state index contributed by atoms with van der Waals surface area (Å²) in [6, 6.07) is 12.4. The van der Waals surface area contributed by atoms with E-state index >= 15 is 0 Å². The SMILES string of the molecule is [C-]#[N+]c1ccc(-c2ncc(C(F)(F)F)n2Cc2ccccc2O)cc1. The van der Waals surface area contributed by atoms with Crippen molar-refractivity contribution in [3.8, 4) is 17.1 Å². The van der Waals surface area contributed by atoms with Gasteiger partial charge in [0.05, 0.1) is 19.3 Å². The van der Waals surface area contributed by atoms with Crippen LogP contribution in [0.15, 0.2) is 54.7 Å². The predicted octanol–water partition coefficient (Wildman–Crippen LogP) is 4.87. The molecule has 4 nitrogen and oxygen atoms in total. The number of rotatable bonds is 3. The fourth-order valence-electron chi connectivity index (χ4n) is 2.49. The number of phenolic OH excluding ortho intramolecular Hbond substituents is 1. The Morgan fingerprint density at radius 2 is 1.76 bits per heavy atom. The van der Waals surface area contributed by atoms with E-state index in [4.69, 9.17) is 6.57 Å². The molecule has 0 bridgehead atoms. The summed E-state index contributed by atoms with van der Waals surface area (Å²) in [7, 11) is 0. The summed E-state index contributed by atoms with van der Waals surface area (Å²) in [5, 5.41) is 9.88. The molecular formula is C18H12F3N3O. The summed E-state index contributed by atoms with van der Waals surface area (Å²) >= 11 is 0. The predicted molar refractivity (Wildman–Crippen MR) is 86.1 cm³/mol. The summed E-state index contributed by atoms with van der Waals surface area (Å²) in [6.45, 7) is 6.77. The Kier molecular flexibility index (Phi) is 4.19. The lowest BCUT2D eigenvalue weighted by Crippen LogP contribution is -2.15. The van der Waals surface area contributed by atoms with Crippen LogP contribution in [0.5, 0.6) is 5.75 Å². The van der Waals surface area contributed by atoms with Gasteiger partial charge in [0.2, 0.25) is 0 Å². The fourth-order valence-corrected chi connectivity index (χ4v) is 2.49. The molecule has 0 aliphatic rings. The summed E-state index contributed by atoms with van der Waals surface area (Å²) in [5.41, 5.74) is 0.293. The molecule has 0 fully saturated rings. The quantitative estimate of drug-likeness (QED) is 0.689. The van der Waals surface area contributed by atoms with Crippen molar-refractivity contribution in [1.82, 2.24) is 9.55 Å². The Hall–Kier alpha value is -3.27. The Bertz CT molecular complexity index is 937. The average Bonchev–Trinajstić information content (AvgIpc) is 3.01. The van der Waals surface area contributed by atoms with Crippen molar-refractivity contribution >= 4 is 5.69 Å². The topological polar surface area (TPSA) is 42.4 Å². The molecule has 0 saturated heterocycles. The van der Waals surface area contributed by atoms with Crippen molar-refractivity contribution < 1.29 is 18.3 Å². The van der Waals surface area contributed by atoms with Crippen LogP contribution >= 0.6 is 0 Å². The van der Waals surface area contributed by atoms with Crippen LogP contribution in [0.1, 0.15) is 11.3 Å². The van der Waals surface area contributed by atoms with E-state index in [0.717, 1.165) is 10.8 Å². The van der Waals surface area contributed by atoms with Gasteiger partial charge in [-0.25, -0.2) is 9.83 Å². The van der Waals surface area contributed by atoms with E-state index in [1.807, 2.05) is 0 Å². The minimum absolute atomic E-state index is 0.0846. The van der Waals surface area contributed by atoms with Gasteiger partial charge in [-0.3, -0.25) is 0 Å². The van der Waals surface area contributed by atoms with Gasteiger partial charge in [0, 0.05) is 11.1 Å². The monoisotopic (exact) mass is 343 g/mol. The van der Waals surface area contributed by atoms with Crippen LogP contribution in [0, 0.1) is 6.57 Å². The molecule has 0 saturated carbocycles. The third kappa shape index (κ3) is 3.33. The molecule has 0 unspecified atom stereocenters. The van der Waals surface area contributed by atoms with E-state index in [0.29, 0.717) is 16.8 Å². The molecule has 0 aliphatic heterocycles. The third-order valence-corrected chi connectivity index (χ3v) is 3.72. The van der Waals surface area contributed by atoms with Crippen molar-refractivity contribution in [1.29, 1.82) is 0 Å². The molecule has 7 heteroatoms. The maximum absolute atomic E-state index is 13.3. The van der Waals surface area contributed by atoms with E-state index in [1.54, 1.807) is 30.3 Å². The molecule has 1 aromatic heterocycles. The van der Waals surface area contributed by atoms with Crippen molar-refractivity contribution in [2.75, 3.05) is 0 Å². The molecule has 126 valence electrons. The molecule has 0 radical (unpaired) electrons. The highest BCUT2D eigenvalue weighted by atomic mass is 19.4. The number of benzene rings is 2. The Balaban J connectivity index is 2.11. The van der Waals surface area contributed by atoms with Crippen LogP contribution in [0.25, 0.3) is 16.2 Å². The largest absolute Gasteiger partial charge is 0.508 e. The van der Waals surface area contributed by atoms with E-state index in [-0.39, 0.29) is 18.1 Å². The van der Waals surface area contributed by atoms with Gasteiger partial charge < -0.3 is 9.67 Å². The molecule has 0 spiro atoms. The number of hydrogen-bond acceptors (Lipinski definition) is 2. The van der Waals surface area contributed by atoms with Gasteiger partial charge in [-0.1, -0.05) is 42.5 Å². The van der Waals surface area contributed by atoms with E-state index in [2.05, 4.69) is 9.83 Å².